The minimum absolute atomic E-state index is 0.0547. The minimum Gasteiger partial charge on any atom is -0.472 e. The van der Waals surface area contributed by atoms with E-state index in [0.717, 1.165) is 11.2 Å². The van der Waals surface area contributed by atoms with Crippen LogP contribution < -0.4 is 5.32 Å². The van der Waals surface area contributed by atoms with Gasteiger partial charge in [-0.15, -0.1) is 11.3 Å². The summed E-state index contributed by atoms with van der Waals surface area (Å²) >= 11 is 1.31. The maximum Gasteiger partial charge on any atom is 0.341 e. The number of imide groups is 1. The van der Waals surface area contributed by atoms with Crippen LogP contribution in [0.25, 0.3) is 0 Å². The van der Waals surface area contributed by atoms with Gasteiger partial charge in [-0.1, -0.05) is 6.07 Å². The van der Waals surface area contributed by atoms with E-state index in [9.17, 15) is 23.1 Å². The second-order valence-electron chi connectivity index (χ2n) is 5.78. The molecular formula is C15H17N3O6S2. The van der Waals surface area contributed by atoms with Crippen LogP contribution in [-0.4, -0.2) is 60.7 Å². The van der Waals surface area contributed by atoms with Gasteiger partial charge in [0.1, 0.15) is 5.60 Å². The third-order valence-corrected chi connectivity index (χ3v) is 6.20. The molecule has 1 atom stereocenters. The molecule has 1 aliphatic heterocycles. The van der Waals surface area contributed by atoms with Gasteiger partial charge in [0.25, 0.3) is 0 Å². The Kier molecular flexibility index (Phi) is 4.78. The summed E-state index contributed by atoms with van der Waals surface area (Å²) < 4.78 is 28.7. The average molecular weight is 399 g/mol. The highest BCUT2D eigenvalue weighted by atomic mass is 32.2. The Morgan fingerprint density at radius 1 is 1.42 bits per heavy atom. The van der Waals surface area contributed by atoms with Crippen LogP contribution in [0.2, 0.25) is 0 Å². The molecule has 0 aromatic carbocycles. The smallest absolute Gasteiger partial charge is 0.341 e. The van der Waals surface area contributed by atoms with E-state index in [0.29, 0.717) is 14.7 Å². The largest absolute Gasteiger partial charge is 0.472 e. The van der Waals surface area contributed by atoms with Crippen molar-refractivity contribution in [3.8, 4) is 0 Å². The summed E-state index contributed by atoms with van der Waals surface area (Å²) in [5.74, 6) is 0. The molecule has 11 heteroatoms. The maximum absolute atomic E-state index is 12.4. The van der Waals surface area contributed by atoms with Gasteiger partial charge >= 0.3 is 12.1 Å². The number of sulfonamides is 1. The highest BCUT2D eigenvalue weighted by Gasteiger charge is 2.40. The number of aliphatic hydroxyl groups is 1. The van der Waals surface area contributed by atoms with Crippen LogP contribution in [0.3, 0.4) is 0 Å². The lowest BCUT2D eigenvalue weighted by Crippen LogP contribution is -2.48. The van der Waals surface area contributed by atoms with Crippen LogP contribution in [0.5, 0.6) is 0 Å². The number of hydrogen-bond donors (Lipinski definition) is 2. The van der Waals surface area contributed by atoms with Crippen molar-refractivity contribution in [1.29, 1.82) is 0 Å². The molecule has 1 unspecified atom stereocenters. The van der Waals surface area contributed by atoms with Crippen molar-refractivity contribution >= 4 is 33.4 Å². The number of nitrogens with one attached hydrogen (secondary N) is 1. The van der Waals surface area contributed by atoms with Crippen molar-refractivity contribution in [2.24, 2.45) is 0 Å². The van der Waals surface area contributed by atoms with Crippen molar-refractivity contribution in [1.82, 2.24) is 14.5 Å². The number of hydrogen-bond acceptors (Lipinski definition) is 7. The summed E-state index contributed by atoms with van der Waals surface area (Å²) in [6.45, 7) is -0.364. The molecule has 1 fully saturated rings. The molecule has 0 bridgehead atoms. The molecule has 2 aromatic rings. The molecule has 3 rings (SSSR count). The van der Waals surface area contributed by atoms with Gasteiger partial charge in [-0.3, -0.25) is 0 Å². The first-order chi connectivity index (χ1) is 12.2. The van der Waals surface area contributed by atoms with E-state index in [4.69, 9.17) is 4.42 Å². The van der Waals surface area contributed by atoms with Gasteiger partial charge in [0.15, 0.2) is 0 Å². The second kappa shape index (κ2) is 6.74. The Bertz CT molecular complexity index is 858. The highest BCUT2D eigenvalue weighted by Crippen LogP contribution is 2.32. The molecule has 1 aliphatic rings. The molecule has 1 saturated heterocycles. The Morgan fingerprint density at radius 3 is 2.73 bits per heavy atom. The Hall–Kier alpha value is -2.37. The van der Waals surface area contributed by atoms with Crippen molar-refractivity contribution in [3.05, 3.63) is 46.5 Å². The van der Waals surface area contributed by atoms with Crippen LogP contribution in [0.1, 0.15) is 10.4 Å². The van der Waals surface area contributed by atoms with E-state index < -0.39 is 27.7 Å². The number of nitrogens with zero attached hydrogens (tertiary/aromatic N) is 2. The van der Waals surface area contributed by atoms with E-state index in [1.165, 1.54) is 23.9 Å². The molecule has 0 radical (unpaired) electrons. The molecule has 4 amide bonds. The number of rotatable bonds is 5. The fourth-order valence-corrected chi connectivity index (χ4v) is 4.30. The molecule has 0 saturated carbocycles. The van der Waals surface area contributed by atoms with E-state index >= 15 is 0 Å². The van der Waals surface area contributed by atoms with Crippen LogP contribution in [-0.2, 0) is 15.6 Å². The molecule has 0 aliphatic carbocycles. The number of thiophene rings is 1. The highest BCUT2D eigenvalue weighted by molar-refractivity contribution is 7.88. The van der Waals surface area contributed by atoms with Crippen molar-refractivity contribution < 1.29 is 27.5 Å². The molecule has 2 aromatic heterocycles. The van der Waals surface area contributed by atoms with Gasteiger partial charge in [0.2, 0.25) is 10.0 Å². The van der Waals surface area contributed by atoms with Crippen LogP contribution in [0.4, 0.5) is 9.59 Å². The van der Waals surface area contributed by atoms with Crippen LogP contribution >= 0.6 is 11.3 Å². The molecule has 140 valence electrons. The SMILES string of the molecule is CS(=O)(=O)N1CCN(C(=O)NCC(O)(c2ccoc2)c2cccs2)C1=O. The topological polar surface area (TPSA) is 120 Å². The monoisotopic (exact) mass is 399 g/mol. The maximum atomic E-state index is 12.4. The summed E-state index contributed by atoms with van der Waals surface area (Å²) in [5, 5.41) is 15.4. The minimum atomic E-state index is -3.73. The third-order valence-electron chi connectivity index (χ3n) is 4.04. The van der Waals surface area contributed by atoms with Gasteiger partial charge in [-0.25, -0.2) is 27.2 Å². The summed E-state index contributed by atoms with van der Waals surface area (Å²) in [6, 6.07) is 3.38. The first-order valence-corrected chi connectivity index (χ1v) is 10.3. The van der Waals surface area contributed by atoms with Crippen LogP contribution in [0.15, 0.2) is 40.5 Å². The predicted molar refractivity (Wildman–Crippen MR) is 93.1 cm³/mol. The number of carbonyl (C=O) groups excluding carboxylic acids is 2. The third kappa shape index (κ3) is 3.32. The Labute approximate surface area is 153 Å². The lowest BCUT2D eigenvalue weighted by atomic mass is 9.94. The number of urea groups is 2. The normalized spacial score (nSPS) is 17.4. The Balaban J connectivity index is 1.75. The fourth-order valence-electron chi connectivity index (χ4n) is 2.66. The lowest BCUT2D eigenvalue weighted by Gasteiger charge is -2.27. The molecule has 9 nitrogen and oxygen atoms in total. The zero-order chi connectivity index (χ0) is 18.9. The summed E-state index contributed by atoms with van der Waals surface area (Å²) in [6.07, 6.45) is 3.68. The van der Waals surface area contributed by atoms with Gasteiger partial charge in [0.05, 0.1) is 38.4 Å². The molecule has 26 heavy (non-hydrogen) atoms. The molecule has 0 spiro atoms. The standard InChI is InChI=1S/C15H17N3O6S2/c1-26(22,23)18-6-5-17(14(18)20)13(19)16-10-15(21,11-4-7-24-9-11)12-3-2-8-25-12/h2-4,7-9,21H,5-6,10H2,1H3,(H,16,19). The van der Waals surface area contributed by atoms with Crippen molar-refractivity contribution in [3.63, 3.8) is 0 Å². The summed E-state index contributed by atoms with van der Waals surface area (Å²) in [7, 11) is -3.73. The fraction of sp³-hybridized carbons (Fsp3) is 0.333. The Morgan fingerprint density at radius 2 is 2.19 bits per heavy atom. The molecular weight excluding hydrogens is 382 g/mol. The molecule has 2 N–H and O–H groups in total. The van der Waals surface area contributed by atoms with E-state index in [2.05, 4.69) is 5.32 Å². The number of carbonyl (C=O) groups is 2. The zero-order valence-electron chi connectivity index (χ0n) is 13.8. The van der Waals surface area contributed by atoms with E-state index in [-0.39, 0.29) is 19.6 Å². The van der Waals surface area contributed by atoms with Gasteiger partial charge in [-0.2, -0.15) is 0 Å². The first kappa shape index (κ1) is 18.4. The molecule has 3 heterocycles. The zero-order valence-corrected chi connectivity index (χ0v) is 15.4. The second-order valence-corrected chi connectivity index (χ2v) is 8.63. The van der Waals surface area contributed by atoms with Gasteiger partial charge in [0, 0.05) is 10.4 Å². The van der Waals surface area contributed by atoms with Crippen molar-refractivity contribution in [2.45, 2.75) is 5.60 Å². The average Bonchev–Trinajstić information content (AvgIpc) is 3.31. The lowest BCUT2D eigenvalue weighted by molar-refractivity contribution is 0.0836. The van der Waals surface area contributed by atoms with Gasteiger partial charge < -0.3 is 14.8 Å². The summed E-state index contributed by atoms with van der Waals surface area (Å²) in [5.41, 5.74) is -1.08. The quantitative estimate of drug-likeness (QED) is 0.773. The van der Waals surface area contributed by atoms with Crippen molar-refractivity contribution in [2.75, 3.05) is 25.9 Å². The summed E-state index contributed by atoms with van der Waals surface area (Å²) in [4.78, 5) is 25.9. The predicted octanol–water partition coefficient (Wildman–Crippen LogP) is 0.984. The van der Waals surface area contributed by atoms with E-state index in [1.807, 2.05) is 0 Å². The van der Waals surface area contributed by atoms with Crippen LogP contribution in [0, 0.1) is 0 Å². The number of furan rings is 1. The first-order valence-electron chi connectivity index (χ1n) is 7.59. The van der Waals surface area contributed by atoms with Gasteiger partial charge in [-0.05, 0) is 17.5 Å². The van der Waals surface area contributed by atoms with E-state index in [1.54, 1.807) is 23.6 Å². The number of amides is 4.